The van der Waals surface area contributed by atoms with Crippen molar-refractivity contribution in [1.82, 2.24) is 0 Å². The molecule has 3 nitrogen and oxygen atoms in total. The summed E-state index contributed by atoms with van der Waals surface area (Å²) in [5, 5.41) is 0. The second-order valence-electron chi connectivity index (χ2n) is 3.04. The summed E-state index contributed by atoms with van der Waals surface area (Å²) in [5.74, 6) is -2.47. The quantitative estimate of drug-likeness (QED) is 0.777. The Morgan fingerprint density at radius 2 is 1.93 bits per heavy atom. The molecule has 14 heavy (non-hydrogen) atoms. The number of rotatable bonds is 2. The second kappa shape index (κ2) is 3.61. The first kappa shape index (κ1) is 10.4. The molecule has 5 heteroatoms. The van der Waals surface area contributed by atoms with E-state index in [0.29, 0.717) is 6.07 Å². The second-order valence-corrected chi connectivity index (χ2v) is 3.04. The summed E-state index contributed by atoms with van der Waals surface area (Å²) in [4.78, 5) is 12.3. The first-order chi connectivity index (χ1) is 6.43. The molecule has 0 saturated heterocycles. The molecule has 0 atom stereocenters. The lowest BCUT2D eigenvalue weighted by atomic mass is 10.1. The number of amides is 1. The van der Waals surface area contributed by atoms with Crippen molar-refractivity contribution in [2.24, 2.45) is 5.73 Å². The number of halogens is 2. The predicted molar refractivity (Wildman–Crippen MR) is 49.2 cm³/mol. The minimum atomic E-state index is -0.855. The SMILES string of the molecule is CN(C)c1c(F)cc(F)cc1C(N)=O. The van der Waals surface area contributed by atoms with Gasteiger partial charge in [-0.25, -0.2) is 8.78 Å². The van der Waals surface area contributed by atoms with Gasteiger partial charge in [0.15, 0.2) is 0 Å². The molecule has 0 saturated carbocycles. The van der Waals surface area contributed by atoms with Crippen molar-refractivity contribution in [2.75, 3.05) is 19.0 Å². The topological polar surface area (TPSA) is 46.3 Å². The van der Waals surface area contributed by atoms with E-state index in [2.05, 4.69) is 0 Å². The third-order valence-corrected chi connectivity index (χ3v) is 1.74. The van der Waals surface area contributed by atoms with Crippen LogP contribution in [0.1, 0.15) is 10.4 Å². The fourth-order valence-corrected chi connectivity index (χ4v) is 1.21. The van der Waals surface area contributed by atoms with Crippen molar-refractivity contribution in [1.29, 1.82) is 0 Å². The lowest BCUT2D eigenvalue weighted by Gasteiger charge is -2.16. The number of nitrogens with two attached hydrogens (primary N) is 1. The standard InChI is InChI=1S/C9H10F2N2O/c1-13(2)8-6(9(12)14)3-5(10)4-7(8)11/h3-4H,1-2H3,(H2,12,14). The van der Waals surface area contributed by atoms with E-state index in [1.807, 2.05) is 0 Å². The highest BCUT2D eigenvalue weighted by Gasteiger charge is 2.16. The van der Waals surface area contributed by atoms with Crippen LogP contribution in [-0.4, -0.2) is 20.0 Å². The first-order valence-corrected chi connectivity index (χ1v) is 3.89. The summed E-state index contributed by atoms with van der Waals surface area (Å²) in [6.45, 7) is 0. The molecule has 0 aromatic heterocycles. The Morgan fingerprint density at radius 3 is 2.36 bits per heavy atom. The van der Waals surface area contributed by atoms with E-state index in [9.17, 15) is 13.6 Å². The van der Waals surface area contributed by atoms with Gasteiger partial charge < -0.3 is 10.6 Å². The van der Waals surface area contributed by atoms with Crippen molar-refractivity contribution in [3.63, 3.8) is 0 Å². The van der Waals surface area contributed by atoms with Crippen LogP contribution >= 0.6 is 0 Å². The Kier molecular flexibility index (Phi) is 2.69. The van der Waals surface area contributed by atoms with Gasteiger partial charge >= 0.3 is 0 Å². The summed E-state index contributed by atoms with van der Waals surface area (Å²) >= 11 is 0. The number of nitrogens with zero attached hydrogens (tertiary/aromatic N) is 1. The predicted octanol–water partition coefficient (Wildman–Crippen LogP) is 1.13. The van der Waals surface area contributed by atoms with Crippen LogP contribution in [0.3, 0.4) is 0 Å². The molecule has 0 fully saturated rings. The lowest BCUT2D eigenvalue weighted by molar-refractivity contribution is 0.1000. The molecule has 0 unspecified atom stereocenters. The number of carbonyl (C=O) groups is 1. The minimum Gasteiger partial charge on any atom is -0.375 e. The van der Waals surface area contributed by atoms with Crippen LogP contribution in [0.2, 0.25) is 0 Å². The normalized spacial score (nSPS) is 10.0. The summed E-state index contributed by atoms with van der Waals surface area (Å²) in [7, 11) is 3.09. The molecule has 0 bridgehead atoms. The Bertz CT molecular complexity index is 377. The van der Waals surface area contributed by atoms with Crippen LogP contribution in [0, 0.1) is 11.6 Å². The molecule has 1 amide bonds. The molecule has 0 aliphatic rings. The number of hydrogen-bond acceptors (Lipinski definition) is 2. The van der Waals surface area contributed by atoms with Gasteiger partial charge in [-0.3, -0.25) is 4.79 Å². The van der Waals surface area contributed by atoms with E-state index in [1.54, 1.807) is 14.1 Å². The van der Waals surface area contributed by atoms with Crippen LogP contribution in [0.5, 0.6) is 0 Å². The molecule has 1 aromatic carbocycles. The van der Waals surface area contributed by atoms with Crippen molar-refractivity contribution < 1.29 is 13.6 Å². The number of anilines is 1. The molecule has 76 valence electrons. The summed E-state index contributed by atoms with van der Waals surface area (Å²) in [5.41, 5.74) is 4.83. The summed E-state index contributed by atoms with van der Waals surface area (Å²) in [6, 6.07) is 1.63. The number of benzene rings is 1. The fraction of sp³-hybridized carbons (Fsp3) is 0.222. The Balaban J connectivity index is 3.44. The zero-order valence-electron chi connectivity index (χ0n) is 7.84. The molecule has 0 aliphatic carbocycles. The van der Waals surface area contributed by atoms with Crippen LogP contribution in [0.4, 0.5) is 14.5 Å². The van der Waals surface area contributed by atoms with E-state index in [0.717, 1.165) is 6.07 Å². The summed E-state index contributed by atoms with van der Waals surface area (Å²) in [6.07, 6.45) is 0. The molecule has 2 N–H and O–H groups in total. The van der Waals surface area contributed by atoms with Gasteiger partial charge in [0.05, 0.1) is 11.3 Å². The zero-order valence-corrected chi connectivity index (χ0v) is 7.84. The lowest BCUT2D eigenvalue weighted by Crippen LogP contribution is -2.20. The van der Waals surface area contributed by atoms with Gasteiger partial charge in [-0.2, -0.15) is 0 Å². The van der Waals surface area contributed by atoms with Gasteiger partial charge in [0.2, 0.25) is 0 Å². The van der Waals surface area contributed by atoms with Gasteiger partial charge in [-0.1, -0.05) is 0 Å². The smallest absolute Gasteiger partial charge is 0.251 e. The maximum atomic E-state index is 13.2. The molecule has 0 radical (unpaired) electrons. The Morgan fingerprint density at radius 1 is 1.36 bits per heavy atom. The molecular formula is C9H10F2N2O. The van der Waals surface area contributed by atoms with Crippen LogP contribution < -0.4 is 10.6 Å². The van der Waals surface area contributed by atoms with Crippen LogP contribution in [0.15, 0.2) is 12.1 Å². The average Bonchev–Trinajstić information content (AvgIpc) is 2.01. The van der Waals surface area contributed by atoms with E-state index in [-0.39, 0.29) is 11.3 Å². The molecular weight excluding hydrogens is 190 g/mol. The van der Waals surface area contributed by atoms with Gasteiger partial charge in [-0.15, -0.1) is 0 Å². The third kappa shape index (κ3) is 1.81. The maximum Gasteiger partial charge on any atom is 0.251 e. The maximum absolute atomic E-state index is 13.2. The van der Waals surface area contributed by atoms with Gasteiger partial charge in [-0.05, 0) is 6.07 Å². The van der Waals surface area contributed by atoms with Gasteiger partial charge in [0.25, 0.3) is 5.91 Å². The average molecular weight is 200 g/mol. The molecule has 0 spiro atoms. The summed E-state index contributed by atoms with van der Waals surface area (Å²) < 4.78 is 26.0. The first-order valence-electron chi connectivity index (χ1n) is 3.89. The molecule has 1 rings (SSSR count). The van der Waals surface area contributed by atoms with Crippen molar-refractivity contribution in [3.05, 3.63) is 29.3 Å². The third-order valence-electron chi connectivity index (χ3n) is 1.74. The van der Waals surface area contributed by atoms with Crippen molar-refractivity contribution in [2.45, 2.75) is 0 Å². The molecule has 0 heterocycles. The Labute approximate surface area is 80.1 Å². The molecule has 0 aliphatic heterocycles. The number of carbonyl (C=O) groups excluding carboxylic acids is 1. The highest BCUT2D eigenvalue weighted by molar-refractivity contribution is 5.98. The van der Waals surface area contributed by atoms with Crippen molar-refractivity contribution >= 4 is 11.6 Å². The van der Waals surface area contributed by atoms with E-state index >= 15 is 0 Å². The Hall–Kier alpha value is -1.65. The molecule has 1 aromatic rings. The van der Waals surface area contributed by atoms with E-state index < -0.39 is 17.5 Å². The van der Waals surface area contributed by atoms with Crippen molar-refractivity contribution in [3.8, 4) is 0 Å². The van der Waals surface area contributed by atoms with E-state index in [4.69, 9.17) is 5.73 Å². The van der Waals surface area contributed by atoms with Crippen LogP contribution in [0.25, 0.3) is 0 Å². The van der Waals surface area contributed by atoms with Crippen LogP contribution in [-0.2, 0) is 0 Å². The number of hydrogen-bond donors (Lipinski definition) is 1. The highest BCUT2D eigenvalue weighted by atomic mass is 19.1. The largest absolute Gasteiger partial charge is 0.375 e. The minimum absolute atomic E-state index is 0.00102. The number of primary amides is 1. The van der Waals surface area contributed by atoms with Gasteiger partial charge in [0.1, 0.15) is 11.6 Å². The zero-order chi connectivity index (χ0) is 10.9. The highest BCUT2D eigenvalue weighted by Crippen LogP contribution is 2.23. The fourth-order valence-electron chi connectivity index (χ4n) is 1.21. The van der Waals surface area contributed by atoms with Gasteiger partial charge in [0, 0.05) is 20.2 Å². The van der Waals surface area contributed by atoms with E-state index in [1.165, 1.54) is 4.90 Å². The monoisotopic (exact) mass is 200 g/mol.